The number of H-pyrrole nitrogens is 1. The Morgan fingerprint density at radius 1 is 1.33 bits per heavy atom. The molecular weight excluding hydrogens is 378 g/mol. The van der Waals surface area contributed by atoms with Gasteiger partial charge in [0.15, 0.2) is 0 Å². The zero-order chi connectivity index (χ0) is 21.1. The van der Waals surface area contributed by atoms with E-state index in [-0.39, 0.29) is 12.5 Å². The molecule has 158 valence electrons. The van der Waals surface area contributed by atoms with Crippen molar-refractivity contribution in [1.82, 2.24) is 35.5 Å². The van der Waals surface area contributed by atoms with Crippen molar-refractivity contribution in [1.29, 1.82) is 0 Å². The summed E-state index contributed by atoms with van der Waals surface area (Å²) in [6.07, 6.45) is 5.83. The number of amides is 1. The van der Waals surface area contributed by atoms with Crippen LogP contribution in [0.5, 0.6) is 0 Å². The molecule has 1 aromatic carbocycles. The summed E-state index contributed by atoms with van der Waals surface area (Å²) in [5.41, 5.74) is 3.49. The van der Waals surface area contributed by atoms with Crippen molar-refractivity contribution in [2.24, 2.45) is 23.7 Å². The molecule has 2 N–H and O–H groups in total. The standard InChI is InChI=1S/C22H29N7O/c1-14(2)18-9-16(10-21-25-19-6-4-5-7-20(19)26-21)15(3)8-17(18)11-23-22(30)12-29-13-24-27-28-29/h4-8,13-14,16-18H,9-12H2,1-3H3,(H,23,30)(H,25,26)/t16-,17-,18-/m0/s1. The van der Waals surface area contributed by atoms with Gasteiger partial charge in [-0.25, -0.2) is 9.67 Å². The third kappa shape index (κ3) is 4.58. The van der Waals surface area contributed by atoms with Gasteiger partial charge in [0, 0.05) is 13.0 Å². The van der Waals surface area contributed by atoms with Gasteiger partial charge >= 0.3 is 0 Å². The van der Waals surface area contributed by atoms with Crippen LogP contribution in [-0.2, 0) is 17.8 Å². The molecule has 1 amide bonds. The predicted octanol–water partition coefficient (Wildman–Crippen LogP) is 2.76. The number of tetrazole rings is 1. The number of nitrogens with zero attached hydrogens (tertiary/aromatic N) is 5. The lowest BCUT2D eigenvalue weighted by molar-refractivity contribution is -0.122. The second kappa shape index (κ2) is 8.77. The second-order valence-electron chi connectivity index (χ2n) is 8.63. The van der Waals surface area contributed by atoms with Crippen molar-refractivity contribution < 1.29 is 4.79 Å². The molecule has 4 rings (SSSR count). The Kier molecular flexibility index (Phi) is 5.92. The predicted molar refractivity (Wildman–Crippen MR) is 114 cm³/mol. The smallest absolute Gasteiger partial charge is 0.241 e. The van der Waals surface area contributed by atoms with Gasteiger partial charge in [0.2, 0.25) is 5.91 Å². The van der Waals surface area contributed by atoms with Gasteiger partial charge in [0.25, 0.3) is 0 Å². The number of carbonyl (C=O) groups is 1. The fourth-order valence-electron chi connectivity index (χ4n) is 4.53. The van der Waals surface area contributed by atoms with Gasteiger partial charge in [-0.05, 0) is 59.6 Å². The summed E-state index contributed by atoms with van der Waals surface area (Å²) in [5.74, 6) is 2.82. The van der Waals surface area contributed by atoms with Crippen molar-refractivity contribution in [2.45, 2.75) is 40.2 Å². The quantitative estimate of drug-likeness (QED) is 0.587. The molecule has 0 aliphatic heterocycles. The number of fused-ring (bicyclic) bond motifs is 1. The third-order valence-electron chi connectivity index (χ3n) is 6.19. The van der Waals surface area contributed by atoms with Crippen LogP contribution in [0.1, 0.15) is 33.0 Å². The van der Waals surface area contributed by atoms with E-state index >= 15 is 0 Å². The number of para-hydroxylation sites is 2. The molecule has 0 bridgehead atoms. The maximum Gasteiger partial charge on any atom is 0.241 e. The van der Waals surface area contributed by atoms with Gasteiger partial charge in [0.05, 0.1) is 11.0 Å². The normalized spacial score (nSPS) is 21.7. The van der Waals surface area contributed by atoms with Crippen LogP contribution in [0.2, 0.25) is 0 Å². The number of carbonyl (C=O) groups excluding carboxylic acids is 1. The first kappa shape index (κ1) is 20.3. The summed E-state index contributed by atoms with van der Waals surface area (Å²) in [4.78, 5) is 20.5. The lowest BCUT2D eigenvalue weighted by Crippen LogP contribution is -2.38. The third-order valence-corrected chi connectivity index (χ3v) is 6.19. The number of allylic oxidation sites excluding steroid dienone is 1. The molecule has 30 heavy (non-hydrogen) atoms. The number of imidazole rings is 1. The van der Waals surface area contributed by atoms with Gasteiger partial charge in [0.1, 0.15) is 18.7 Å². The van der Waals surface area contributed by atoms with Crippen LogP contribution in [0.25, 0.3) is 11.0 Å². The van der Waals surface area contributed by atoms with E-state index in [0.29, 0.717) is 30.2 Å². The number of aromatic nitrogens is 6. The van der Waals surface area contributed by atoms with E-state index in [9.17, 15) is 4.79 Å². The van der Waals surface area contributed by atoms with E-state index in [2.05, 4.69) is 58.7 Å². The molecule has 8 nitrogen and oxygen atoms in total. The Labute approximate surface area is 176 Å². The lowest BCUT2D eigenvalue weighted by atomic mass is 9.70. The number of hydrogen-bond donors (Lipinski definition) is 2. The number of nitrogens with one attached hydrogen (secondary N) is 2. The summed E-state index contributed by atoms with van der Waals surface area (Å²) in [6, 6.07) is 8.17. The minimum atomic E-state index is -0.0692. The van der Waals surface area contributed by atoms with Crippen LogP contribution in [0.4, 0.5) is 0 Å². The van der Waals surface area contributed by atoms with Gasteiger partial charge in [-0.3, -0.25) is 4.79 Å². The van der Waals surface area contributed by atoms with E-state index < -0.39 is 0 Å². The first-order valence-corrected chi connectivity index (χ1v) is 10.6. The van der Waals surface area contributed by atoms with E-state index in [1.807, 2.05) is 18.2 Å². The molecule has 3 aromatic rings. The van der Waals surface area contributed by atoms with Gasteiger partial charge in [-0.2, -0.15) is 0 Å². The molecule has 1 aliphatic rings. The van der Waals surface area contributed by atoms with Gasteiger partial charge in [-0.15, -0.1) is 5.10 Å². The average molecular weight is 408 g/mol. The zero-order valence-electron chi connectivity index (χ0n) is 17.7. The maximum absolute atomic E-state index is 12.2. The maximum atomic E-state index is 12.2. The first-order chi connectivity index (χ1) is 14.5. The van der Waals surface area contributed by atoms with Crippen LogP contribution in [0.3, 0.4) is 0 Å². The minimum absolute atomic E-state index is 0.0692. The highest BCUT2D eigenvalue weighted by Gasteiger charge is 2.32. The van der Waals surface area contributed by atoms with Crippen LogP contribution >= 0.6 is 0 Å². The van der Waals surface area contributed by atoms with Gasteiger partial charge in [-0.1, -0.05) is 37.6 Å². The molecule has 0 saturated heterocycles. The van der Waals surface area contributed by atoms with E-state index in [1.165, 1.54) is 16.6 Å². The second-order valence-corrected chi connectivity index (χ2v) is 8.63. The number of hydrogen-bond acceptors (Lipinski definition) is 5. The Bertz CT molecular complexity index is 988. The topological polar surface area (TPSA) is 101 Å². The fourth-order valence-corrected chi connectivity index (χ4v) is 4.53. The minimum Gasteiger partial charge on any atom is -0.354 e. The molecule has 0 spiro atoms. The van der Waals surface area contributed by atoms with E-state index in [4.69, 9.17) is 4.98 Å². The highest BCUT2D eigenvalue weighted by atomic mass is 16.2. The Morgan fingerprint density at radius 3 is 2.90 bits per heavy atom. The molecule has 3 atom stereocenters. The summed E-state index contributed by atoms with van der Waals surface area (Å²) in [6.45, 7) is 7.53. The van der Waals surface area contributed by atoms with Crippen molar-refractivity contribution in [3.63, 3.8) is 0 Å². The largest absolute Gasteiger partial charge is 0.354 e. The van der Waals surface area contributed by atoms with Crippen LogP contribution in [0, 0.1) is 23.7 Å². The summed E-state index contributed by atoms with van der Waals surface area (Å²) >= 11 is 0. The molecule has 0 unspecified atom stereocenters. The molecule has 0 saturated carbocycles. The average Bonchev–Trinajstić information content (AvgIpc) is 3.36. The Hall–Kier alpha value is -3.03. The molecule has 0 radical (unpaired) electrons. The van der Waals surface area contributed by atoms with Crippen LogP contribution in [-0.4, -0.2) is 42.6 Å². The van der Waals surface area contributed by atoms with Crippen LogP contribution < -0.4 is 5.32 Å². The monoisotopic (exact) mass is 407 g/mol. The highest BCUT2D eigenvalue weighted by Crippen LogP contribution is 2.38. The van der Waals surface area contributed by atoms with Crippen LogP contribution in [0.15, 0.2) is 42.2 Å². The Morgan fingerprint density at radius 2 is 2.17 bits per heavy atom. The summed E-state index contributed by atoms with van der Waals surface area (Å²) in [5, 5.41) is 13.9. The fraction of sp³-hybridized carbons (Fsp3) is 0.500. The number of rotatable bonds is 7. The molecular formula is C22H29N7O. The van der Waals surface area contributed by atoms with Crippen molar-refractivity contribution in [2.75, 3.05) is 6.54 Å². The summed E-state index contributed by atoms with van der Waals surface area (Å²) in [7, 11) is 0. The molecule has 0 fully saturated rings. The van der Waals surface area contributed by atoms with Gasteiger partial charge < -0.3 is 10.3 Å². The molecule has 8 heteroatoms. The van der Waals surface area contributed by atoms with Crippen molar-refractivity contribution >= 4 is 16.9 Å². The molecule has 1 aliphatic carbocycles. The Balaban J connectivity index is 1.42. The number of aromatic amines is 1. The SMILES string of the molecule is CC1=C[C@@H](CNC(=O)Cn2cnnn2)[C@H](C(C)C)C[C@H]1Cc1nc2ccccc2[nH]1. The van der Waals surface area contributed by atoms with E-state index in [0.717, 1.165) is 29.7 Å². The lowest BCUT2D eigenvalue weighted by Gasteiger charge is -2.37. The molecule has 2 heterocycles. The summed E-state index contributed by atoms with van der Waals surface area (Å²) < 4.78 is 1.43. The number of benzene rings is 1. The van der Waals surface area contributed by atoms with Crippen molar-refractivity contribution in [3.8, 4) is 0 Å². The zero-order valence-corrected chi connectivity index (χ0v) is 17.7. The molecule has 2 aromatic heterocycles. The van der Waals surface area contributed by atoms with E-state index in [1.54, 1.807) is 0 Å². The highest BCUT2D eigenvalue weighted by molar-refractivity contribution is 5.75. The first-order valence-electron chi connectivity index (χ1n) is 10.6. The van der Waals surface area contributed by atoms with Crippen molar-refractivity contribution in [3.05, 3.63) is 48.1 Å².